The van der Waals surface area contributed by atoms with Gasteiger partial charge in [0.25, 0.3) is 0 Å². The molecule has 142 valence electrons. The fourth-order valence-corrected chi connectivity index (χ4v) is 3.77. The van der Waals surface area contributed by atoms with E-state index in [1.54, 1.807) is 6.92 Å². The Morgan fingerprint density at radius 2 is 1.85 bits per heavy atom. The lowest BCUT2D eigenvalue weighted by atomic mass is 10.2. The van der Waals surface area contributed by atoms with Crippen molar-refractivity contribution in [2.24, 2.45) is 0 Å². The number of benzene rings is 2. The summed E-state index contributed by atoms with van der Waals surface area (Å²) in [5.41, 5.74) is 0.713. The predicted octanol–water partition coefficient (Wildman–Crippen LogP) is 3.07. The molecule has 0 bridgehead atoms. The van der Waals surface area contributed by atoms with E-state index < -0.39 is 27.8 Å². The van der Waals surface area contributed by atoms with Crippen LogP contribution in [0.1, 0.15) is 18.7 Å². The number of carbonyl (C=O) groups is 1. The normalized spacial score (nSPS) is 13.0. The molecule has 3 aromatic rings. The minimum atomic E-state index is -3.89. The van der Waals surface area contributed by atoms with Crippen molar-refractivity contribution in [2.75, 3.05) is 13.6 Å². The fourth-order valence-electron chi connectivity index (χ4n) is 2.65. The summed E-state index contributed by atoms with van der Waals surface area (Å²) in [5, 5.41) is 3.64. The van der Waals surface area contributed by atoms with Crippen molar-refractivity contribution in [1.29, 1.82) is 0 Å². The lowest BCUT2D eigenvalue weighted by Gasteiger charge is -2.18. The Labute approximate surface area is 156 Å². The van der Waals surface area contributed by atoms with Gasteiger partial charge in [0.2, 0.25) is 15.9 Å². The van der Waals surface area contributed by atoms with Crippen LogP contribution in [0.15, 0.2) is 63.9 Å². The van der Waals surface area contributed by atoms with Gasteiger partial charge in [-0.1, -0.05) is 18.2 Å². The summed E-state index contributed by atoms with van der Waals surface area (Å²) < 4.78 is 44.5. The van der Waals surface area contributed by atoms with Crippen LogP contribution in [0.4, 0.5) is 4.39 Å². The summed E-state index contributed by atoms with van der Waals surface area (Å²) >= 11 is 0. The van der Waals surface area contributed by atoms with Crippen LogP contribution in [0.5, 0.6) is 0 Å². The van der Waals surface area contributed by atoms with Crippen LogP contribution in [0.25, 0.3) is 11.0 Å². The quantitative estimate of drug-likeness (QED) is 0.702. The van der Waals surface area contributed by atoms with Crippen molar-refractivity contribution >= 4 is 26.9 Å². The van der Waals surface area contributed by atoms with Gasteiger partial charge in [-0.3, -0.25) is 4.79 Å². The minimum absolute atomic E-state index is 0.0791. The van der Waals surface area contributed by atoms with Crippen molar-refractivity contribution in [3.8, 4) is 0 Å². The lowest BCUT2D eigenvalue weighted by molar-refractivity contribution is -0.121. The molecule has 0 radical (unpaired) electrons. The number of likely N-dealkylation sites (N-methyl/N-ethyl adjacent to an activating group) is 1. The van der Waals surface area contributed by atoms with E-state index in [0.29, 0.717) is 11.3 Å². The van der Waals surface area contributed by atoms with Crippen molar-refractivity contribution in [2.45, 2.75) is 17.9 Å². The number of furan rings is 1. The Balaban J connectivity index is 1.66. The summed E-state index contributed by atoms with van der Waals surface area (Å²) in [6, 6.07) is 13.3. The van der Waals surface area contributed by atoms with E-state index in [1.807, 2.05) is 30.3 Å². The molecule has 1 atom stereocenters. The molecule has 0 aliphatic carbocycles. The van der Waals surface area contributed by atoms with Crippen LogP contribution in [0.3, 0.4) is 0 Å². The number of carbonyl (C=O) groups excluding carboxylic acids is 1. The molecule has 0 fully saturated rings. The lowest BCUT2D eigenvalue weighted by Crippen LogP contribution is -2.39. The molecule has 0 aliphatic rings. The van der Waals surface area contributed by atoms with Gasteiger partial charge in [-0.05, 0) is 43.3 Å². The van der Waals surface area contributed by atoms with E-state index >= 15 is 0 Å². The second-order valence-corrected chi connectivity index (χ2v) is 8.24. The van der Waals surface area contributed by atoms with E-state index in [0.717, 1.165) is 34.0 Å². The SMILES string of the molecule is CC(NC(=O)CN(C)S(=O)(=O)c1ccc(F)cc1)c1cc2ccccc2o1. The fraction of sp³-hybridized carbons (Fsp3) is 0.211. The Morgan fingerprint density at radius 1 is 1.19 bits per heavy atom. The summed E-state index contributed by atoms with van der Waals surface area (Å²) in [6.07, 6.45) is 0. The average molecular weight is 390 g/mol. The number of fused-ring (bicyclic) bond motifs is 1. The van der Waals surface area contributed by atoms with Gasteiger partial charge in [-0.2, -0.15) is 4.31 Å². The van der Waals surface area contributed by atoms with Crippen LogP contribution in [-0.4, -0.2) is 32.2 Å². The van der Waals surface area contributed by atoms with Gasteiger partial charge < -0.3 is 9.73 Å². The van der Waals surface area contributed by atoms with Crippen molar-refractivity contribution in [3.05, 3.63) is 66.2 Å². The monoisotopic (exact) mass is 390 g/mol. The molecule has 0 saturated carbocycles. The molecule has 8 heteroatoms. The standard InChI is InChI=1S/C19H19FN2O4S/c1-13(18-11-14-5-3-4-6-17(14)26-18)21-19(23)12-22(2)27(24,25)16-9-7-15(20)8-10-16/h3-11,13H,12H2,1-2H3,(H,21,23). The Hall–Kier alpha value is -2.71. The number of amides is 1. The summed E-state index contributed by atoms with van der Waals surface area (Å²) in [4.78, 5) is 12.2. The number of hydrogen-bond donors (Lipinski definition) is 1. The van der Waals surface area contributed by atoms with Crippen LogP contribution in [-0.2, 0) is 14.8 Å². The maximum atomic E-state index is 13.0. The molecule has 1 amide bonds. The summed E-state index contributed by atoms with van der Waals surface area (Å²) in [7, 11) is -2.59. The highest BCUT2D eigenvalue weighted by Gasteiger charge is 2.24. The number of nitrogens with zero attached hydrogens (tertiary/aromatic N) is 1. The minimum Gasteiger partial charge on any atom is -0.459 e. The number of halogens is 1. The van der Waals surface area contributed by atoms with Crippen molar-refractivity contribution in [1.82, 2.24) is 9.62 Å². The summed E-state index contributed by atoms with van der Waals surface area (Å²) in [5.74, 6) is -0.432. The number of sulfonamides is 1. The Kier molecular flexibility index (Phi) is 5.29. The van der Waals surface area contributed by atoms with Crippen LogP contribution in [0, 0.1) is 5.82 Å². The number of hydrogen-bond acceptors (Lipinski definition) is 4. The Morgan fingerprint density at radius 3 is 2.52 bits per heavy atom. The molecule has 1 unspecified atom stereocenters. The van der Waals surface area contributed by atoms with Gasteiger partial charge in [-0.25, -0.2) is 12.8 Å². The average Bonchev–Trinajstić information content (AvgIpc) is 3.06. The van der Waals surface area contributed by atoms with E-state index in [-0.39, 0.29) is 11.4 Å². The zero-order chi connectivity index (χ0) is 19.6. The maximum Gasteiger partial charge on any atom is 0.243 e. The number of nitrogens with one attached hydrogen (secondary N) is 1. The highest BCUT2D eigenvalue weighted by molar-refractivity contribution is 7.89. The molecule has 6 nitrogen and oxygen atoms in total. The van der Waals surface area contributed by atoms with Gasteiger partial charge in [-0.15, -0.1) is 0 Å². The van der Waals surface area contributed by atoms with Crippen molar-refractivity contribution in [3.63, 3.8) is 0 Å². The smallest absolute Gasteiger partial charge is 0.243 e. The predicted molar refractivity (Wildman–Crippen MR) is 99.0 cm³/mol. The third-order valence-electron chi connectivity index (χ3n) is 4.14. The van der Waals surface area contributed by atoms with Gasteiger partial charge in [0.1, 0.15) is 17.2 Å². The molecule has 0 spiro atoms. The molecule has 1 N–H and O–H groups in total. The summed E-state index contributed by atoms with van der Waals surface area (Å²) in [6.45, 7) is 1.38. The number of rotatable bonds is 6. The molecular formula is C19H19FN2O4S. The molecule has 1 heterocycles. The first-order valence-corrected chi connectivity index (χ1v) is 9.71. The highest BCUT2D eigenvalue weighted by atomic mass is 32.2. The molecule has 27 heavy (non-hydrogen) atoms. The van der Waals surface area contributed by atoms with Crippen molar-refractivity contribution < 1.29 is 22.0 Å². The van der Waals surface area contributed by atoms with Crippen LogP contribution < -0.4 is 5.32 Å². The van der Waals surface area contributed by atoms with Gasteiger partial charge in [0.15, 0.2) is 0 Å². The molecule has 3 rings (SSSR count). The largest absolute Gasteiger partial charge is 0.459 e. The molecule has 0 aliphatic heterocycles. The van der Waals surface area contributed by atoms with Crippen LogP contribution >= 0.6 is 0 Å². The van der Waals surface area contributed by atoms with Gasteiger partial charge in [0.05, 0.1) is 17.5 Å². The van der Waals surface area contributed by atoms with E-state index in [9.17, 15) is 17.6 Å². The van der Waals surface area contributed by atoms with Crippen LogP contribution in [0.2, 0.25) is 0 Å². The second kappa shape index (κ2) is 7.50. The number of para-hydroxylation sites is 1. The van der Waals surface area contributed by atoms with E-state index in [2.05, 4.69) is 5.32 Å². The first-order valence-electron chi connectivity index (χ1n) is 8.27. The molecule has 0 saturated heterocycles. The first kappa shape index (κ1) is 19.1. The Bertz CT molecular complexity index is 1030. The second-order valence-electron chi connectivity index (χ2n) is 6.19. The molecular weight excluding hydrogens is 371 g/mol. The highest BCUT2D eigenvalue weighted by Crippen LogP contribution is 2.23. The zero-order valence-corrected chi connectivity index (χ0v) is 15.7. The molecule has 2 aromatic carbocycles. The first-order chi connectivity index (χ1) is 12.8. The third kappa shape index (κ3) is 4.17. The molecule has 1 aromatic heterocycles. The van der Waals surface area contributed by atoms with E-state index in [1.165, 1.54) is 7.05 Å². The topological polar surface area (TPSA) is 79.6 Å². The van der Waals surface area contributed by atoms with Gasteiger partial charge >= 0.3 is 0 Å². The van der Waals surface area contributed by atoms with E-state index in [4.69, 9.17) is 4.42 Å². The third-order valence-corrected chi connectivity index (χ3v) is 5.95. The van der Waals surface area contributed by atoms with Gasteiger partial charge in [0, 0.05) is 12.4 Å². The zero-order valence-electron chi connectivity index (χ0n) is 14.8. The maximum absolute atomic E-state index is 13.0.